The molecule has 0 radical (unpaired) electrons. The average Bonchev–Trinajstić information content (AvgIpc) is 2.87. The summed E-state index contributed by atoms with van der Waals surface area (Å²) >= 11 is 1.69. The highest BCUT2D eigenvalue weighted by atomic mass is 32.1. The van der Waals surface area contributed by atoms with Gasteiger partial charge in [0.15, 0.2) is 0 Å². The topological polar surface area (TPSA) is 33.1 Å². The zero-order valence-electron chi connectivity index (χ0n) is 10.5. The zero-order valence-corrected chi connectivity index (χ0v) is 11.3. The molecule has 1 aliphatic rings. The number of aromatic nitrogens is 1. The van der Waals surface area contributed by atoms with Crippen molar-refractivity contribution in [2.24, 2.45) is 5.92 Å². The molecule has 2 heterocycles. The van der Waals surface area contributed by atoms with Gasteiger partial charge in [-0.1, -0.05) is 32.1 Å². The van der Waals surface area contributed by atoms with Gasteiger partial charge < -0.3 is 5.11 Å². The first kappa shape index (κ1) is 12.1. The van der Waals surface area contributed by atoms with Crippen LogP contribution in [0.5, 0.6) is 0 Å². The van der Waals surface area contributed by atoms with Crippen molar-refractivity contribution in [2.45, 2.75) is 44.6 Å². The molecular weight excluding hydrogens is 242 g/mol. The van der Waals surface area contributed by atoms with E-state index in [0.29, 0.717) is 5.92 Å². The molecule has 96 valence electrons. The molecule has 0 spiro atoms. The fraction of sp³-hybridized carbons (Fsp3) is 0.533. The average molecular weight is 261 g/mol. The van der Waals surface area contributed by atoms with Crippen molar-refractivity contribution in [2.75, 3.05) is 0 Å². The van der Waals surface area contributed by atoms with Gasteiger partial charge in [-0.2, -0.15) is 0 Å². The van der Waals surface area contributed by atoms with Gasteiger partial charge in [-0.25, -0.2) is 0 Å². The number of hydrogen-bond donors (Lipinski definition) is 1. The van der Waals surface area contributed by atoms with E-state index in [9.17, 15) is 5.11 Å². The van der Waals surface area contributed by atoms with Gasteiger partial charge in [0.1, 0.15) is 0 Å². The summed E-state index contributed by atoms with van der Waals surface area (Å²) in [6, 6.07) is 4.12. The summed E-state index contributed by atoms with van der Waals surface area (Å²) in [6.07, 6.45) is 9.00. The minimum atomic E-state index is -0.341. The second-order valence-electron chi connectivity index (χ2n) is 5.33. The molecule has 0 aromatic carbocycles. The van der Waals surface area contributed by atoms with E-state index < -0.39 is 0 Å². The summed E-state index contributed by atoms with van der Waals surface area (Å²) in [5.74, 6) is 0.702. The van der Waals surface area contributed by atoms with Gasteiger partial charge in [-0.15, -0.1) is 11.3 Å². The minimum Gasteiger partial charge on any atom is -0.388 e. The summed E-state index contributed by atoms with van der Waals surface area (Å²) in [6.45, 7) is 0. The molecule has 0 aliphatic heterocycles. The van der Waals surface area contributed by atoms with Crippen LogP contribution in [0.3, 0.4) is 0 Å². The third-order valence-electron chi connectivity index (χ3n) is 3.99. The first-order valence-electron chi connectivity index (χ1n) is 6.84. The van der Waals surface area contributed by atoms with Gasteiger partial charge >= 0.3 is 0 Å². The van der Waals surface area contributed by atoms with Crippen molar-refractivity contribution in [3.63, 3.8) is 0 Å². The van der Waals surface area contributed by atoms with Crippen LogP contribution in [0.1, 0.15) is 50.2 Å². The molecule has 3 heteroatoms. The lowest BCUT2D eigenvalue weighted by atomic mass is 9.84. The third-order valence-corrected chi connectivity index (χ3v) is 4.84. The van der Waals surface area contributed by atoms with Crippen LogP contribution in [-0.2, 0) is 0 Å². The Labute approximate surface area is 112 Å². The molecule has 1 saturated carbocycles. The lowest BCUT2D eigenvalue weighted by Crippen LogP contribution is -2.11. The lowest BCUT2D eigenvalue weighted by molar-refractivity contribution is 0.131. The van der Waals surface area contributed by atoms with Crippen molar-refractivity contribution >= 4 is 21.6 Å². The SMILES string of the molecule is OC(CC1CCCCC1)c1cnc2ccsc2c1. The van der Waals surface area contributed by atoms with E-state index in [-0.39, 0.29) is 6.10 Å². The zero-order chi connectivity index (χ0) is 12.4. The van der Waals surface area contributed by atoms with E-state index in [1.165, 1.54) is 36.8 Å². The maximum Gasteiger partial charge on any atom is 0.0809 e. The fourth-order valence-electron chi connectivity index (χ4n) is 2.92. The van der Waals surface area contributed by atoms with E-state index in [0.717, 1.165) is 17.5 Å². The first-order valence-corrected chi connectivity index (χ1v) is 7.72. The maximum absolute atomic E-state index is 10.3. The van der Waals surface area contributed by atoms with Crippen molar-refractivity contribution in [1.82, 2.24) is 4.98 Å². The number of fused-ring (bicyclic) bond motifs is 1. The number of hydrogen-bond acceptors (Lipinski definition) is 3. The summed E-state index contributed by atoms with van der Waals surface area (Å²) in [5.41, 5.74) is 2.02. The second kappa shape index (κ2) is 5.37. The van der Waals surface area contributed by atoms with Gasteiger partial charge in [0.05, 0.1) is 16.3 Å². The van der Waals surface area contributed by atoms with Gasteiger partial charge in [-0.3, -0.25) is 4.98 Å². The molecule has 2 nitrogen and oxygen atoms in total. The van der Waals surface area contributed by atoms with Crippen LogP contribution >= 0.6 is 11.3 Å². The molecule has 2 aromatic rings. The van der Waals surface area contributed by atoms with Crippen molar-refractivity contribution in [3.05, 3.63) is 29.3 Å². The van der Waals surface area contributed by atoms with Gasteiger partial charge in [0, 0.05) is 11.8 Å². The van der Waals surface area contributed by atoms with Crippen LogP contribution in [0, 0.1) is 5.92 Å². The van der Waals surface area contributed by atoms with Crippen LogP contribution in [0.4, 0.5) is 0 Å². The Bertz CT molecular complexity index is 516. The van der Waals surface area contributed by atoms with Crippen LogP contribution < -0.4 is 0 Å². The molecule has 0 bridgehead atoms. The lowest BCUT2D eigenvalue weighted by Gasteiger charge is -2.24. The van der Waals surface area contributed by atoms with E-state index in [1.807, 2.05) is 12.3 Å². The van der Waals surface area contributed by atoms with Crippen molar-refractivity contribution < 1.29 is 5.11 Å². The van der Waals surface area contributed by atoms with Gasteiger partial charge in [-0.05, 0) is 29.9 Å². The number of nitrogens with zero attached hydrogens (tertiary/aromatic N) is 1. The summed E-state index contributed by atoms with van der Waals surface area (Å²) in [5, 5.41) is 12.4. The highest BCUT2D eigenvalue weighted by Gasteiger charge is 2.19. The molecular formula is C15H19NOS. The molecule has 1 atom stereocenters. The largest absolute Gasteiger partial charge is 0.388 e. The van der Waals surface area contributed by atoms with Crippen molar-refractivity contribution in [3.8, 4) is 0 Å². The number of aliphatic hydroxyl groups is 1. The van der Waals surface area contributed by atoms with E-state index in [1.54, 1.807) is 11.3 Å². The predicted molar refractivity (Wildman–Crippen MR) is 75.8 cm³/mol. The second-order valence-corrected chi connectivity index (χ2v) is 6.28. The first-order chi connectivity index (χ1) is 8.83. The maximum atomic E-state index is 10.3. The Morgan fingerprint density at radius 3 is 3.00 bits per heavy atom. The Kier molecular flexibility index (Phi) is 3.62. The quantitative estimate of drug-likeness (QED) is 0.893. The molecule has 18 heavy (non-hydrogen) atoms. The summed E-state index contributed by atoms with van der Waals surface area (Å²) in [4.78, 5) is 4.41. The standard InChI is InChI=1S/C15H19NOS/c17-14(8-11-4-2-1-3-5-11)12-9-15-13(16-10-12)6-7-18-15/h6-7,9-11,14,17H,1-5,8H2. The molecule has 1 fully saturated rings. The Hall–Kier alpha value is -0.930. The fourth-order valence-corrected chi connectivity index (χ4v) is 3.71. The molecule has 0 amide bonds. The Balaban J connectivity index is 1.72. The molecule has 3 rings (SSSR count). The minimum absolute atomic E-state index is 0.341. The Morgan fingerprint density at radius 2 is 2.17 bits per heavy atom. The summed E-state index contributed by atoms with van der Waals surface area (Å²) in [7, 11) is 0. The number of aliphatic hydroxyl groups excluding tert-OH is 1. The van der Waals surface area contributed by atoms with Crippen LogP contribution in [-0.4, -0.2) is 10.1 Å². The molecule has 2 aromatic heterocycles. The van der Waals surface area contributed by atoms with E-state index >= 15 is 0 Å². The van der Waals surface area contributed by atoms with Crippen LogP contribution in [0.15, 0.2) is 23.7 Å². The molecule has 0 saturated heterocycles. The molecule has 1 N–H and O–H groups in total. The number of pyridine rings is 1. The predicted octanol–water partition coefficient (Wildman–Crippen LogP) is 4.30. The third kappa shape index (κ3) is 2.57. The highest BCUT2D eigenvalue weighted by Crippen LogP contribution is 2.32. The van der Waals surface area contributed by atoms with E-state index in [2.05, 4.69) is 16.4 Å². The monoisotopic (exact) mass is 261 g/mol. The highest BCUT2D eigenvalue weighted by molar-refractivity contribution is 7.17. The van der Waals surface area contributed by atoms with Gasteiger partial charge in [0.2, 0.25) is 0 Å². The molecule has 1 aliphatic carbocycles. The Morgan fingerprint density at radius 1 is 1.33 bits per heavy atom. The normalized spacial score (nSPS) is 19.2. The number of thiophene rings is 1. The smallest absolute Gasteiger partial charge is 0.0809 e. The van der Waals surface area contributed by atoms with Crippen LogP contribution in [0.2, 0.25) is 0 Å². The van der Waals surface area contributed by atoms with Crippen LogP contribution in [0.25, 0.3) is 10.2 Å². The summed E-state index contributed by atoms with van der Waals surface area (Å²) < 4.78 is 1.18. The number of rotatable bonds is 3. The van der Waals surface area contributed by atoms with Crippen molar-refractivity contribution in [1.29, 1.82) is 0 Å². The molecule has 1 unspecified atom stereocenters. The van der Waals surface area contributed by atoms with E-state index in [4.69, 9.17) is 0 Å². The van der Waals surface area contributed by atoms with Gasteiger partial charge in [0.25, 0.3) is 0 Å².